The SMILES string of the molecule is CC1(NCC2CCN(c3cccc(C4CCC(=O)NC4=O)c3)CC2)CCN(c2cnc(Sc3cccc(N)c3Cl)c(N)n2)CC1. The van der Waals surface area contributed by atoms with Gasteiger partial charge in [0.2, 0.25) is 11.8 Å². The van der Waals surface area contributed by atoms with Gasteiger partial charge in [-0.15, -0.1) is 0 Å². The Morgan fingerprint density at radius 1 is 1.04 bits per heavy atom. The molecule has 3 aromatic rings. The van der Waals surface area contributed by atoms with E-state index < -0.39 is 0 Å². The summed E-state index contributed by atoms with van der Waals surface area (Å²) in [6.07, 6.45) is 7.03. The normalized spacial score (nSPS) is 20.7. The zero-order valence-electron chi connectivity index (χ0n) is 25.6. The van der Waals surface area contributed by atoms with Gasteiger partial charge in [-0.1, -0.05) is 41.6 Å². The Morgan fingerprint density at radius 2 is 1.80 bits per heavy atom. The quantitative estimate of drug-likeness (QED) is 0.198. The summed E-state index contributed by atoms with van der Waals surface area (Å²) in [4.78, 5) is 38.7. The molecule has 12 heteroatoms. The van der Waals surface area contributed by atoms with Gasteiger partial charge in [0.1, 0.15) is 10.8 Å². The number of anilines is 4. The summed E-state index contributed by atoms with van der Waals surface area (Å²) in [6, 6.07) is 13.8. The molecular weight excluding hydrogens is 608 g/mol. The molecule has 1 atom stereocenters. The van der Waals surface area contributed by atoms with Crippen LogP contribution in [0.15, 0.2) is 58.6 Å². The second-order valence-corrected chi connectivity index (χ2v) is 14.0. The van der Waals surface area contributed by atoms with E-state index in [9.17, 15) is 9.59 Å². The van der Waals surface area contributed by atoms with Crippen LogP contribution in [0.5, 0.6) is 0 Å². The van der Waals surface area contributed by atoms with Crippen molar-refractivity contribution < 1.29 is 9.59 Å². The molecule has 10 nitrogen and oxygen atoms in total. The summed E-state index contributed by atoms with van der Waals surface area (Å²) < 4.78 is 0. The third-order valence-corrected chi connectivity index (χ3v) is 11.1. The number of nitrogens with one attached hydrogen (secondary N) is 2. The van der Waals surface area contributed by atoms with Crippen molar-refractivity contribution in [1.29, 1.82) is 0 Å². The van der Waals surface area contributed by atoms with Crippen LogP contribution < -0.4 is 31.9 Å². The Morgan fingerprint density at radius 3 is 2.53 bits per heavy atom. The van der Waals surface area contributed by atoms with Gasteiger partial charge in [0.05, 0.1) is 22.8 Å². The minimum atomic E-state index is -0.251. The molecule has 3 aliphatic heterocycles. The number of nitrogens with zero attached hydrogens (tertiary/aromatic N) is 4. The Bertz CT molecular complexity index is 1560. The van der Waals surface area contributed by atoms with Crippen molar-refractivity contribution in [2.45, 2.75) is 66.8 Å². The second kappa shape index (κ2) is 13.4. The number of nitrogen functional groups attached to an aromatic ring is 2. The standard InChI is InChI=1S/C33H41ClN8O2S/c1-33(12-16-42(17-13-33)27-20-37-32(30(36)39-27)45-26-7-3-6-25(35)29(26)34)38-19-21-10-14-41(15-11-21)23-5-2-4-22(18-23)24-8-9-28(43)40-31(24)44/h2-7,18,20-21,24,38H,8-17,19,35H2,1H3,(H2,36,39)(H,40,43,44). The highest BCUT2D eigenvalue weighted by molar-refractivity contribution is 7.99. The molecule has 3 aliphatic rings. The molecular formula is C33H41ClN8O2S. The molecule has 6 N–H and O–H groups in total. The molecule has 2 aromatic carbocycles. The largest absolute Gasteiger partial charge is 0.397 e. The Hall–Kier alpha value is -3.54. The summed E-state index contributed by atoms with van der Waals surface area (Å²) in [5, 5.41) is 7.50. The molecule has 1 unspecified atom stereocenters. The van der Waals surface area contributed by atoms with Crippen molar-refractivity contribution in [1.82, 2.24) is 20.6 Å². The first-order valence-electron chi connectivity index (χ1n) is 15.7. The predicted octanol–water partition coefficient (Wildman–Crippen LogP) is 4.83. The third kappa shape index (κ3) is 7.31. The van der Waals surface area contributed by atoms with E-state index >= 15 is 0 Å². The number of rotatable bonds is 8. The van der Waals surface area contributed by atoms with Crippen molar-refractivity contribution in [3.8, 4) is 0 Å². The fourth-order valence-corrected chi connectivity index (χ4v) is 7.53. The lowest BCUT2D eigenvalue weighted by Crippen LogP contribution is -2.53. The molecule has 0 bridgehead atoms. The summed E-state index contributed by atoms with van der Waals surface area (Å²) in [6.45, 7) is 7.09. The molecule has 0 saturated carbocycles. The number of imide groups is 1. The Labute approximate surface area is 273 Å². The van der Waals surface area contributed by atoms with Crippen LogP contribution in [0.2, 0.25) is 5.02 Å². The van der Waals surface area contributed by atoms with Crippen LogP contribution in [0.25, 0.3) is 0 Å². The van der Waals surface area contributed by atoms with Crippen molar-refractivity contribution in [3.05, 3.63) is 59.2 Å². The zero-order valence-corrected chi connectivity index (χ0v) is 27.2. The number of halogens is 1. The lowest BCUT2D eigenvalue weighted by Gasteiger charge is -2.42. The number of nitrogens with two attached hydrogens (primary N) is 2. The minimum absolute atomic E-state index is 0.0721. The second-order valence-electron chi connectivity index (χ2n) is 12.6. The van der Waals surface area contributed by atoms with Crippen LogP contribution in [-0.4, -0.2) is 60.0 Å². The van der Waals surface area contributed by atoms with Gasteiger partial charge in [-0.3, -0.25) is 14.9 Å². The number of hydrogen-bond acceptors (Lipinski definition) is 10. The fourth-order valence-electron chi connectivity index (χ4n) is 6.47. The maximum Gasteiger partial charge on any atom is 0.234 e. The van der Waals surface area contributed by atoms with Crippen molar-refractivity contribution in [2.75, 3.05) is 54.0 Å². The molecule has 3 fully saturated rings. The van der Waals surface area contributed by atoms with Gasteiger partial charge >= 0.3 is 0 Å². The average Bonchev–Trinajstić information content (AvgIpc) is 3.04. The lowest BCUT2D eigenvalue weighted by molar-refractivity contribution is -0.134. The number of carbonyl (C=O) groups is 2. The van der Waals surface area contributed by atoms with E-state index in [4.69, 9.17) is 23.1 Å². The highest BCUT2D eigenvalue weighted by Crippen LogP contribution is 2.38. The molecule has 3 saturated heterocycles. The first-order valence-corrected chi connectivity index (χ1v) is 16.9. The molecule has 0 aliphatic carbocycles. The van der Waals surface area contributed by atoms with E-state index in [-0.39, 0.29) is 23.3 Å². The monoisotopic (exact) mass is 648 g/mol. The average molecular weight is 649 g/mol. The number of amides is 2. The topological polar surface area (TPSA) is 142 Å². The molecule has 238 valence electrons. The van der Waals surface area contributed by atoms with Crippen molar-refractivity contribution in [2.24, 2.45) is 5.92 Å². The van der Waals surface area contributed by atoms with Crippen molar-refractivity contribution >= 4 is 58.2 Å². The van der Waals surface area contributed by atoms with Crippen LogP contribution in [-0.2, 0) is 9.59 Å². The van der Waals surface area contributed by atoms with Gasteiger partial charge in [-0.25, -0.2) is 9.97 Å². The Balaban J connectivity index is 0.966. The number of benzene rings is 2. The van der Waals surface area contributed by atoms with Gasteiger partial charge in [0, 0.05) is 48.7 Å². The number of piperidine rings is 3. The van der Waals surface area contributed by atoms with Crippen LogP contribution >= 0.6 is 23.4 Å². The van der Waals surface area contributed by atoms with Crippen LogP contribution in [0.3, 0.4) is 0 Å². The van der Waals surface area contributed by atoms with E-state index in [1.165, 1.54) is 11.8 Å². The molecule has 4 heterocycles. The maximum atomic E-state index is 12.4. The van der Waals surface area contributed by atoms with Crippen LogP contribution in [0.1, 0.15) is 56.9 Å². The van der Waals surface area contributed by atoms with Gasteiger partial charge < -0.3 is 26.6 Å². The lowest BCUT2D eigenvalue weighted by atomic mass is 9.87. The highest BCUT2D eigenvalue weighted by Gasteiger charge is 2.32. The molecule has 2 amide bonds. The maximum absolute atomic E-state index is 12.4. The van der Waals surface area contributed by atoms with Gasteiger partial charge in [-0.05, 0) is 81.3 Å². The summed E-state index contributed by atoms with van der Waals surface area (Å²) in [7, 11) is 0. The third-order valence-electron chi connectivity index (χ3n) is 9.45. The molecule has 45 heavy (non-hydrogen) atoms. The molecule has 0 spiro atoms. The summed E-state index contributed by atoms with van der Waals surface area (Å²) in [5.74, 6) is 1.20. The summed E-state index contributed by atoms with van der Waals surface area (Å²) >= 11 is 7.72. The fraction of sp³-hybridized carbons (Fsp3) is 0.455. The van der Waals surface area contributed by atoms with E-state index in [0.717, 1.165) is 80.4 Å². The first-order chi connectivity index (χ1) is 21.7. The van der Waals surface area contributed by atoms with Gasteiger partial charge in [0.25, 0.3) is 0 Å². The van der Waals surface area contributed by atoms with Crippen LogP contribution in [0, 0.1) is 5.92 Å². The molecule has 1 aromatic heterocycles. The van der Waals surface area contributed by atoms with Gasteiger partial charge in [0.15, 0.2) is 5.82 Å². The number of aromatic nitrogens is 2. The number of carbonyl (C=O) groups excluding carboxylic acids is 2. The van der Waals surface area contributed by atoms with E-state index in [1.807, 2.05) is 24.3 Å². The van der Waals surface area contributed by atoms with E-state index in [1.54, 1.807) is 12.3 Å². The summed E-state index contributed by atoms with van der Waals surface area (Å²) in [5.41, 5.74) is 15.0. The minimum Gasteiger partial charge on any atom is -0.397 e. The van der Waals surface area contributed by atoms with Crippen LogP contribution in [0.4, 0.5) is 23.0 Å². The van der Waals surface area contributed by atoms with Gasteiger partial charge in [-0.2, -0.15) is 0 Å². The first kappa shape index (κ1) is 31.4. The number of hydrogen-bond donors (Lipinski definition) is 4. The Kier molecular flexibility index (Phi) is 9.39. The zero-order chi connectivity index (χ0) is 31.6. The van der Waals surface area contributed by atoms with E-state index in [2.05, 4.69) is 49.5 Å². The predicted molar refractivity (Wildman–Crippen MR) is 181 cm³/mol. The molecule has 0 radical (unpaired) electrons. The highest BCUT2D eigenvalue weighted by atomic mass is 35.5. The van der Waals surface area contributed by atoms with Crippen molar-refractivity contribution in [3.63, 3.8) is 0 Å². The van der Waals surface area contributed by atoms with E-state index in [0.29, 0.717) is 40.3 Å². The molecule has 6 rings (SSSR count). The smallest absolute Gasteiger partial charge is 0.234 e.